The van der Waals surface area contributed by atoms with Crippen LogP contribution in [0.3, 0.4) is 0 Å². The molecule has 0 aliphatic carbocycles. The van der Waals surface area contributed by atoms with Gasteiger partial charge in [0.1, 0.15) is 16.9 Å². The molecule has 0 aliphatic rings. The molecule has 5 rings (SSSR count). The number of aromatic nitrogens is 2. The van der Waals surface area contributed by atoms with E-state index in [-0.39, 0.29) is 10.3 Å². The highest BCUT2D eigenvalue weighted by Crippen LogP contribution is 2.38. The van der Waals surface area contributed by atoms with Crippen molar-refractivity contribution in [2.45, 2.75) is 0 Å². The van der Waals surface area contributed by atoms with Crippen molar-refractivity contribution in [2.24, 2.45) is 0 Å². The maximum Gasteiger partial charge on any atom is 0.270 e. The molecule has 0 amide bonds. The van der Waals surface area contributed by atoms with E-state index in [0.717, 1.165) is 16.7 Å². The topological polar surface area (TPSA) is 60.2 Å². The number of nitrogens with zero attached hydrogens (tertiary/aromatic N) is 1. The summed E-state index contributed by atoms with van der Waals surface area (Å²) < 4.78 is 13.1. The summed E-state index contributed by atoms with van der Waals surface area (Å²) in [7, 11) is 1.60. The first kappa shape index (κ1) is 19.1. The lowest BCUT2D eigenvalue weighted by molar-refractivity contribution is 0.414. The van der Waals surface area contributed by atoms with Gasteiger partial charge < -0.3 is 14.1 Å². The van der Waals surface area contributed by atoms with E-state index in [0.29, 0.717) is 28.3 Å². The number of furan rings is 1. The van der Waals surface area contributed by atoms with Crippen molar-refractivity contribution >= 4 is 23.3 Å². The largest absolute Gasteiger partial charge is 0.497 e. The Labute approximate surface area is 183 Å². The van der Waals surface area contributed by atoms with Gasteiger partial charge in [-0.2, -0.15) is 0 Å². The van der Waals surface area contributed by atoms with Gasteiger partial charge in [0.2, 0.25) is 5.71 Å². The van der Waals surface area contributed by atoms with Gasteiger partial charge in [0, 0.05) is 11.1 Å². The SMILES string of the molecule is COc1ccc(-n2c(=S)[nH]c3oc(-c4ccccc4)c(-c4ccccc4)c3c2=O)cc1. The minimum absolute atomic E-state index is 0.242. The van der Waals surface area contributed by atoms with Gasteiger partial charge in [0.25, 0.3) is 5.56 Å². The van der Waals surface area contributed by atoms with E-state index in [9.17, 15) is 4.79 Å². The van der Waals surface area contributed by atoms with Crippen molar-refractivity contribution in [3.63, 3.8) is 0 Å². The molecule has 5 nitrogen and oxygen atoms in total. The summed E-state index contributed by atoms with van der Waals surface area (Å²) in [5, 5.41) is 0.453. The molecule has 1 N–H and O–H groups in total. The second-order valence-corrected chi connectivity index (χ2v) is 7.40. The Kier molecular flexibility index (Phi) is 4.76. The zero-order valence-corrected chi connectivity index (χ0v) is 17.5. The highest BCUT2D eigenvalue weighted by atomic mass is 32.1. The fourth-order valence-electron chi connectivity index (χ4n) is 3.72. The lowest BCUT2D eigenvalue weighted by atomic mass is 10.00. The van der Waals surface area contributed by atoms with Crippen molar-refractivity contribution in [3.8, 4) is 33.9 Å². The van der Waals surface area contributed by atoms with Crippen LogP contribution in [0.25, 0.3) is 39.2 Å². The highest BCUT2D eigenvalue weighted by molar-refractivity contribution is 7.71. The zero-order chi connectivity index (χ0) is 21.4. The fraction of sp³-hybridized carbons (Fsp3) is 0.0400. The van der Waals surface area contributed by atoms with Crippen LogP contribution in [-0.4, -0.2) is 16.7 Å². The molecule has 0 unspecified atom stereocenters. The van der Waals surface area contributed by atoms with Crippen LogP contribution in [0.2, 0.25) is 0 Å². The van der Waals surface area contributed by atoms with Gasteiger partial charge in [-0.1, -0.05) is 60.7 Å². The molecule has 31 heavy (non-hydrogen) atoms. The van der Waals surface area contributed by atoms with E-state index in [2.05, 4.69) is 4.98 Å². The normalized spacial score (nSPS) is 11.0. The average Bonchev–Trinajstić information content (AvgIpc) is 3.20. The maximum atomic E-state index is 13.7. The third-order valence-electron chi connectivity index (χ3n) is 5.18. The lowest BCUT2D eigenvalue weighted by Gasteiger charge is -2.08. The Hall–Kier alpha value is -3.90. The van der Waals surface area contributed by atoms with Gasteiger partial charge in [0.05, 0.1) is 12.8 Å². The minimum atomic E-state index is -0.242. The third kappa shape index (κ3) is 3.27. The summed E-state index contributed by atoms with van der Waals surface area (Å²) in [5.74, 6) is 1.32. The molecule has 0 spiro atoms. The quantitative estimate of drug-likeness (QED) is 0.359. The molecule has 0 aliphatic heterocycles. The molecule has 0 bridgehead atoms. The second kappa shape index (κ2) is 7.74. The van der Waals surface area contributed by atoms with Crippen molar-refractivity contribution in [3.05, 3.63) is 100 Å². The van der Waals surface area contributed by atoms with Gasteiger partial charge in [-0.3, -0.25) is 9.36 Å². The second-order valence-electron chi connectivity index (χ2n) is 7.01. The molecule has 0 saturated carbocycles. The average molecular weight is 426 g/mol. The highest BCUT2D eigenvalue weighted by Gasteiger charge is 2.22. The van der Waals surface area contributed by atoms with E-state index in [1.54, 1.807) is 31.4 Å². The number of H-pyrrole nitrogens is 1. The van der Waals surface area contributed by atoms with Crippen molar-refractivity contribution in [1.82, 2.24) is 9.55 Å². The first-order valence-electron chi connectivity index (χ1n) is 9.74. The van der Waals surface area contributed by atoms with Crippen LogP contribution >= 0.6 is 12.2 Å². The van der Waals surface area contributed by atoms with Gasteiger partial charge in [-0.05, 0) is 42.0 Å². The van der Waals surface area contributed by atoms with Crippen LogP contribution in [0.15, 0.2) is 94.1 Å². The third-order valence-corrected chi connectivity index (χ3v) is 5.46. The number of nitrogens with one attached hydrogen (secondary N) is 1. The number of aromatic amines is 1. The number of fused-ring (bicyclic) bond motifs is 1. The number of benzene rings is 3. The Bertz CT molecular complexity index is 1480. The van der Waals surface area contributed by atoms with Crippen LogP contribution in [0.5, 0.6) is 5.75 Å². The number of hydrogen-bond donors (Lipinski definition) is 1. The lowest BCUT2D eigenvalue weighted by Crippen LogP contribution is -2.20. The van der Waals surface area contributed by atoms with E-state index >= 15 is 0 Å². The molecule has 5 aromatic rings. The molecule has 0 radical (unpaired) electrons. The molecule has 2 aromatic heterocycles. The smallest absolute Gasteiger partial charge is 0.270 e. The number of hydrogen-bond acceptors (Lipinski definition) is 4. The molecule has 6 heteroatoms. The van der Waals surface area contributed by atoms with Gasteiger partial charge in [-0.25, -0.2) is 0 Å². The van der Waals surface area contributed by atoms with E-state index in [4.69, 9.17) is 21.4 Å². The van der Waals surface area contributed by atoms with Crippen molar-refractivity contribution in [1.29, 1.82) is 0 Å². The number of ether oxygens (including phenoxy) is 1. The standard InChI is InChI=1S/C25H18N2O3S/c1-29-19-14-12-18(13-15-19)27-24(28)21-20(16-8-4-2-5-9-16)22(17-10-6-3-7-11-17)30-23(21)26-25(27)31/h2-15H,1H3,(H,26,31). The summed E-state index contributed by atoms with van der Waals surface area (Å²) in [4.78, 5) is 16.8. The Morgan fingerprint density at radius 2 is 1.48 bits per heavy atom. The summed E-state index contributed by atoms with van der Waals surface area (Å²) in [6.07, 6.45) is 0. The van der Waals surface area contributed by atoms with Gasteiger partial charge >= 0.3 is 0 Å². The molecular weight excluding hydrogens is 408 g/mol. The summed E-state index contributed by atoms with van der Waals surface area (Å²) in [6.45, 7) is 0. The Morgan fingerprint density at radius 3 is 2.10 bits per heavy atom. The molecule has 0 saturated heterocycles. The Balaban J connectivity index is 1.86. The van der Waals surface area contributed by atoms with Crippen LogP contribution in [0.1, 0.15) is 0 Å². The first-order valence-corrected chi connectivity index (χ1v) is 10.2. The van der Waals surface area contributed by atoms with E-state index < -0.39 is 0 Å². The molecule has 3 aromatic carbocycles. The van der Waals surface area contributed by atoms with Crippen LogP contribution in [0.4, 0.5) is 0 Å². The molecule has 0 fully saturated rings. The summed E-state index contributed by atoms with van der Waals surface area (Å²) in [5.41, 5.74) is 3.28. The first-order chi connectivity index (χ1) is 15.2. The van der Waals surface area contributed by atoms with E-state index in [1.807, 2.05) is 60.7 Å². The molecule has 0 atom stereocenters. The predicted molar refractivity (Wildman–Crippen MR) is 124 cm³/mol. The summed E-state index contributed by atoms with van der Waals surface area (Å²) >= 11 is 5.51. The van der Waals surface area contributed by atoms with E-state index in [1.165, 1.54) is 4.57 Å². The van der Waals surface area contributed by atoms with Crippen molar-refractivity contribution < 1.29 is 9.15 Å². The van der Waals surface area contributed by atoms with Crippen LogP contribution in [0, 0.1) is 4.77 Å². The zero-order valence-electron chi connectivity index (χ0n) is 16.7. The number of rotatable bonds is 4. The van der Waals surface area contributed by atoms with Gasteiger partial charge in [0.15, 0.2) is 4.77 Å². The molecule has 2 heterocycles. The van der Waals surface area contributed by atoms with Crippen LogP contribution < -0.4 is 10.3 Å². The Morgan fingerprint density at radius 1 is 0.871 bits per heavy atom. The fourth-order valence-corrected chi connectivity index (χ4v) is 4.00. The monoisotopic (exact) mass is 426 g/mol. The summed E-state index contributed by atoms with van der Waals surface area (Å²) in [6, 6.07) is 26.7. The maximum absolute atomic E-state index is 13.7. The minimum Gasteiger partial charge on any atom is -0.497 e. The van der Waals surface area contributed by atoms with Crippen LogP contribution in [-0.2, 0) is 0 Å². The molecular formula is C25H18N2O3S. The van der Waals surface area contributed by atoms with Gasteiger partial charge in [-0.15, -0.1) is 0 Å². The number of methoxy groups -OCH3 is 1. The van der Waals surface area contributed by atoms with Crippen molar-refractivity contribution in [2.75, 3.05) is 7.11 Å². The molecule has 152 valence electrons. The predicted octanol–water partition coefficient (Wildman–Crippen LogP) is 5.98.